The number of rotatable bonds is 2. The SMILES string of the molecule is CC(=O)Cc1ccc2ccc3cc4ccccc4c4ccc1c2c34. The summed E-state index contributed by atoms with van der Waals surface area (Å²) in [6, 6.07) is 23.9. The molecule has 0 N–H and O–H groups in total. The molecule has 5 rings (SSSR count). The topological polar surface area (TPSA) is 17.1 Å². The van der Waals surface area contributed by atoms with Crippen LogP contribution in [-0.2, 0) is 11.2 Å². The van der Waals surface area contributed by atoms with Crippen LogP contribution in [0.15, 0.2) is 66.7 Å². The first-order valence-corrected chi connectivity index (χ1v) is 8.30. The number of carbonyl (C=O) groups excluding carboxylic acids is 1. The van der Waals surface area contributed by atoms with Gasteiger partial charge in [0.2, 0.25) is 0 Å². The normalized spacial score (nSPS) is 11.9. The van der Waals surface area contributed by atoms with Crippen molar-refractivity contribution in [2.75, 3.05) is 0 Å². The van der Waals surface area contributed by atoms with Gasteiger partial charge in [-0.15, -0.1) is 0 Å². The summed E-state index contributed by atoms with van der Waals surface area (Å²) < 4.78 is 0. The molecule has 0 saturated heterocycles. The zero-order chi connectivity index (χ0) is 16.3. The third kappa shape index (κ3) is 1.78. The molecule has 0 spiro atoms. The van der Waals surface area contributed by atoms with Crippen LogP contribution in [0.4, 0.5) is 0 Å². The van der Waals surface area contributed by atoms with Crippen molar-refractivity contribution in [3.63, 3.8) is 0 Å². The van der Waals surface area contributed by atoms with Crippen molar-refractivity contribution in [2.45, 2.75) is 13.3 Å². The molecular weight excluding hydrogens is 292 g/mol. The van der Waals surface area contributed by atoms with E-state index in [0.717, 1.165) is 5.56 Å². The summed E-state index contributed by atoms with van der Waals surface area (Å²) in [5.41, 5.74) is 1.12. The minimum Gasteiger partial charge on any atom is -0.300 e. The Bertz CT molecular complexity index is 1250. The number of Topliss-reactive ketones (excluding diaryl/α,β-unsaturated/α-hetero) is 1. The maximum Gasteiger partial charge on any atom is 0.134 e. The lowest BCUT2D eigenvalue weighted by Crippen LogP contribution is -1.98. The monoisotopic (exact) mass is 308 g/mol. The summed E-state index contributed by atoms with van der Waals surface area (Å²) in [7, 11) is 0. The third-order valence-electron chi connectivity index (χ3n) is 5.04. The second kappa shape index (κ2) is 4.78. The fourth-order valence-electron chi connectivity index (χ4n) is 4.04. The molecule has 0 fully saturated rings. The van der Waals surface area contributed by atoms with Crippen LogP contribution >= 0.6 is 0 Å². The van der Waals surface area contributed by atoms with E-state index in [1.54, 1.807) is 6.92 Å². The zero-order valence-corrected chi connectivity index (χ0v) is 13.5. The molecule has 0 heterocycles. The number of ketones is 1. The number of hydrogen-bond donors (Lipinski definition) is 0. The number of benzene rings is 5. The van der Waals surface area contributed by atoms with Gasteiger partial charge >= 0.3 is 0 Å². The highest BCUT2D eigenvalue weighted by Gasteiger charge is 2.13. The third-order valence-corrected chi connectivity index (χ3v) is 5.04. The molecule has 24 heavy (non-hydrogen) atoms. The summed E-state index contributed by atoms with van der Waals surface area (Å²) in [5, 5.41) is 10.2. The predicted octanol–water partition coefficient (Wildman–Crippen LogP) is 5.87. The fourth-order valence-corrected chi connectivity index (χ4v) is 4.04. The van der Waals surface area contributed by atoms with Gasteiger partial charge in [-0.1, -0.05) is 60.7 Å². The highest BCUT2D eigenvalue weighted by Crippen LogP contribution is 2.39. The molecule has 5 aromatic carbocycles. The molecule has 0 amide bonds. The quantitative estimate of drug-likeness (QED) is 0.294. The van der Waals surface area contributed by atoms with E-state index in [1.807, 2.05) is 0 Å². The van der Waals surface area contributed by atoms with Crippen LogP contribution in [0, 0.1) is 0 Å². The molecule has 5 aromatic rings. The van der Waals surface area contributed by atoms with E-state index in [2.05, 4.69) is 66.7 Å². The molecule has 0 aliphatic rings. The summed E-state index contributed by atoms with van der Waals surface area (Å²) in [6.45, 7) is 1.66. The Labute approximate surface area is 139 Å². The molecule has 114 valence electrons. The molecule has 0 bridgehead atoms. The Morgan fingerprint density at radius 2 is 1.42 bits per heavy atom. The highest BCUT2D eigenvalue weighted by molar-refractivity contribution is 6.29. The van der Waals surface area contributed by atoms with Crippen molar-refractivity contribution < 1.29 is 4.79 Å². The van der Waals surface area contributed by atoms with Gasteiger partial charge in [-0.2, -0.15) is 0 Å². The lowest BCUT2D eigenvalue weighted by atomic mass is 9.88. The van der Waals surface area contributed by atoms with Crippen molar-refractivity contribution in [2.24, 2.45) is 0 Å². The molecule has 0 aliphatic carbocycles. The fraction of sp³-hybridized carbons (Fsp3) is 0.0870. The van der Waals surface area contributed by atoms with Crippen molar-refractivity contribution >= 4 is 48.9 Å². The Morgan fingerprint density at radius 1 is 0.708 bits per heavy atom. The Balaban J connectivity index is 2.04. The zero-order valence-electron chi connectivity index (χ0n) is 13.5. The minimum absolute atomic E-state index is 0.204. The van der Waals surface area contributed by atoms with Crippen LogP contribution in [0.25, 0.3) is 43.1 Å². The van der Waals surface area contributed by atoms with Crippen molar-refractivity contribution in [3.8, 4) is 0 Å². The van der Waals surface area contributed by atoms with Gasteiger partial charge in [0.05, 0.1) is 0 Å². The second-order valence-electron chi connectivity index (χ2n) is 6.62. The van der Waals surface area contributed by atoms with E-state index in [0.29, 0.717) is 6.42 Å². The van der Waals surface area contributed by atoms with E-state index >= 15 is 0 Å². The lowest BCUT2D eigenvalue weighted by molar-refractivity contribution is -0.116. The predicted molar refractivity (Wildman–Crippen MR) is 102 cm³/mol. The molecule has 1 nitrogen and oxygen atoms in total. The van der Waals surface area contributed by atoms with Crippen LogP contribution in [0.1, 0.15) is 12.5 Å². The molecule has 0 unspecified atom stereocenters. The minimum atomic E-state index is 0.204. The molecule has 0 aromatic heterocycles. The van der Waals surface area contributed by atoms with Gasteiger partial charge in [-0.05, 0) is 61.6 Å². The van der Waals surface area contributed by atoms with Crippen LogP contribution in [0.3, 0.4) is 0 Å². The van der Waals surface area contributed by atoms with Crippen LogP contribution < -0.4 is 0 Å². The number of fused-ring (bicyclic) bond motifs is 2. The summed E-state index contributed by atoms with van der Waals surface area (Å²) in [5.74, 6) is 0.204. The summed E-state index contributed by atoms with van der Waals surface area (Å²) in [6.07, 6.45) is 0.495. The number of hydrogen-bond acceptors (Lipinski definition) is 1. The maximum atomic E-state index is 11.6. The first-order valence-electron chi connectivity index (χ1n) is 8.30. The van der Waals surface area contributed by atoms with E-state index < -0.39 is 0 Å². The Kier molecular flexibility index (Phi) is 2.69. The average Bonchev–Trinajstić information content (AvgIpc) is 2.60. The lowest BCUT2D eigenvalue weighted by Gasteiger charge is -2.15. The maximum absolute atomic E-state index is 11.6. The largest absolute Gasteiger partial charge is 0.300 e. The second-order valence-corrected chi connectivity index (χ2v) is 6.62. The van der Waals surface area contributed by atoms with E-state index in [9.17, 15) is 4.79 Å². The van der Waals surface area contributed by atoms with Gasteiger partial charge < -0.3 is 0 Å². The van der Waals surface area contributed by atoms with E-state index in [4.69, 9.17) is 0 Å². The van der Waals surface area contributed by atoms with E-state index in [1.165, 1.54) is 43.1 Å². The number of carbonyl (C=O) groups is 1. The van der Waals surface area contributed by atoms with Gasteiger partial charge in [0.15, 0.2) is 0 Å². The van der Waals surface area contributed by atoms with Gasteiger partial charge in [0, 0.05) is 6.42 Å². The van der Waals surface area contributed by atoms with Crippen LogP contribution in [0.2, 0.25) is 0 Å². The van der Waals surface area contributed by atoms with Crippen molar-refractivity contribution in [1.82, 2.24) is 0 Å². The van der Waals surface area contributed by atoms with E-state index in [-0.39, 0.29) is 5.78 Å². The van der Waals surface area contributed by atoms with Crippen molar-refractivity contribution in [1.29, 1.82) is 0 Å². The average molecular weight is 308 g/mol. The molecule has 1 heteroatoms. The highest BCUT2D eigenvalue weighted by atomic mass is 16.1. The Hall–Kier alpha value is -2.93. The van der Waals surface area contributed by atoms with Gasteiger partial charge in [0.1, 0.15) is 5.78 Å². The van der Waals surface area contributed by atoms with Crippen LogP contribution in [-0.4, -0.2) is 5.78 Å². The smallest absolute Gasteiger partial charge is 0.134 e. The van der Waals surface area contributed by atoms with Gasteiger partial charge in [0.25, 0.3) is 0 Å². The Morgan fingerprint density at radius 3 is 2.29 bits per heavy atom. The first-order chi connectivity index (χ1) is 11.7. The summed E-state index contributed by atoms with van der Waals surface area (Å²) in [4.78, 5) is 11.6. The van der Waals surface area contributed by atoms with Gasteiger partial charge in [-0.3, -0.25) is 4.79 Å². The molecule has 0 atom stereocenters. The molecule has 0 radical (unpaired) electrons. The van der Waals surface area contributed by atoms with Crippen molar-refractivity contribution in [3.05, 3.63) is 72.3 Å². The molecule has 0 aliphatic heterocycles. The molecular formula is C23H16O. The molecule has 0 saturated carbocycles. The van der Waals surface area contributed by atoms with Gasteiger partial charge in [-0.25, -0.2) is 0 Å². The van der Waals surface area contributed by atoms with Crippen LogP contribution in [0.5, 0.6) is 0 Å². The standard InChI is InChI=1S/C23H16O/c1-14(24)12-17-8-6-15-7-9-18-13-16-4-2-3-5-19(16)21-11-10-20(17)22(15)23(18)21/h2-11,13H,12H2,1H3. The summed E-state index contributed by atoms with van der Waals surface area (Å²) >= 11 is 0. The first kappa shape index (κ1) is 13.5.